The Kier molecular flexibility index (Phi) is 9.52. The molecule has 3 unspecified atom stereocenters. The maximum Gasteiger partial charge on any atom is 0.338 e. The summed E-state index contributed by atoms with van der Waals surface area (Å²) < 4.78 is 34.8. The fourth-order valence-electron chi connectivity index (χ4n) is 4.99. The number of amides is 1. The monoisotopic (exact) mass is 641 g/mol. The molecule has 1 amide bonds. The molecule has 1 saturated heterocycles. The fourth-order valence-corrected chi connectivity index (χ4v) is 6.66. The minimum Gasteiger partial charge on any atom is -0.466 e. The number of carbonyl (C=O) groups is 2. The van der Waals surface area contributed by atoms with Gasteiger partial charge in [0.2, 0.25) is 5.91 Å². The van der Waals surface area contributed by atoms with E-state index in [1.807, 2.05) is 10.3 Å². The normalized spacial score (nSPS) is 24.3. The van der Waals surface area contributed by atoms with Crippen LogP contribution in [0.2, 0.25) is 0 Å². The predicted octanol–water partition coefficient (Wildman–Crippen LogP) is 4.47. The minimum absolute atomic E-state index is 0.126. The molecule has 1 aromatic heterocycles. The number of nitrogens with zero attached hydrogens (tertiary/aromatic N) is 3. The van der Waals surface area contributed by atoms with Crippen molar-refractivity contribution >= 4 is 54.2 Å². The second-order valence-electron chi connectivity index (χ2n) is 9.92. The summed E-state index contributed by atoms with van der Waals surface area (Å²) in [5, 5.41) is 4.21. The number of primary amides is 1. The summed E-state index contributed by atoms with van der Waals surface area (Å²) in [6.07, 6.45) is 3.94. The molecule has 5 atom stereocenters. The van der Waals surface area contributed by atoms with E-state index in [4.69, 9.17) is 15.5 Å². The highest BCUT2D eigenvalue weighted by molar-refractivity contribution is 9.10. The van der Waals surface area contributed by atoms with Crippen LogP contribution in [0.25, 0.3) is 0 Å². The maximum atomic E-state index is 15.3. The first-order chi connectivity index (χ1) is 18.5. The number of aromatic nitrogens is 1. The molecule has 39 heavy (non-hydrogen) atoms. The van der Waals surface area contributed by atoms with Crippen molar-refractivity contribution in [2.45, 2.75) is 50.1 Å². The number of ether oxygens (including phenoxy) is 1. The SMILES string of the molecule is COC(=O)C1=C(CN2CC(F)(P)C[C@H]2CCCC(C)C(N)=O)NC(c2nccs2)=N[C@H]1c1ccc(F)cc1Br. The molecule has 0 bridgehead atoms. The second-order valence-corrected chi connectivity index (χ2v) is 12.7. The van der Waals surface area contributed by atoms with Crippen molar-refractivity contribution in [1.29, 1.82) is 0 Å². The molecule has 210 valence electrons. The van der Waals surface area contributed by atoms with Crippen LogP contribution in [0.1, 0.15) is 49.2 Å². The fraction of sp³-hybridized carbons (Fsp3) is 0.462. The molecule has 8 nitrogen and oxygen atoms in total. The molecule has 1 aromatic carbocycles. The smallest absolute Gasteiger partial charge is 0.338 e. The summed E-state index contributed by atoms with van der Waals surface area (Å²) in [5.74, 6) is -1.18. The lowest BCUT2D eigenvalue weighted by atomic mass is 9.95. The molecule has 0 spiro atoms. The van der Waals surface area contributed by atoms with Gasteiger partial charge in [-0.05, 0) is 30.5 Å². The van der Waals surface area contributed by atoms with Crippen LogP contribution in [-0.4, -0.2) is 59.2 Å². The number of hydrogen-bond donors (Lipinski definition) is 2. The van der Waals surface area contributed by atoms with Gasteiger partial charge in [0.25, 0.3) is 0 Å². The lowest BCUT2D eigenvalue weighted by Crippen LogP contribution is -2.41. The average Bonchev–Trinajstić information content (AvgIpc) is 3.51. The number of nitrogens with one attached hydrogen (secondary N) is 1. The third-order valence-corrected chi connectivity index (χ3v) is 8.89. The summed E-state index contributed by atoms with van der Waals surface area (Å²) in [4.78, 5) is 35.8. The Hall–Kier alpha value is -2.27. The van der Waals surface area contributed by atoms with Crippen molar-refractivity contribution in [3.05, 3.63) is 61.9 Å². The lowest BCUT2D eigenvalue weighted by Gasteiger charge is -2.31. The summed E-state index contributed by atoms with van der Waals surface area (Å²) >= 11 is 4.80. The highest BCUT2D eigenvalue weighted by atomic mass is 79.9. The van der Waals surface area contributed by atoms with Crippen molar-refractivity contribution in [1.82, 2.24) is 15.2 Å². The Labute approximate surface area is 240 Å². The van der Waals surface area contributed by atoms with Gasteiger partial charge in [0.15, 0.2) is 10.8 Å². The predicted molar refractivity (Wildman–Crippen MR) is 153 cm³/mol. The van der Waals surface area contributed by atoms with Gasteiger partial charge in [-0.25, -0.2) is 18.6 Å². The van der Waals surface area contributed by atoms with Crippen LogP contribution in [0.3, 0.4) is 0 Å². The number of nitrogens with two attached hydrogens (primary N) is 1. The first-order valence-corrected chi connectivity index (χ1v) is 14.8. The van der Waals surface area contributed by atoms with E-state index in [9.17, 15) is 14.0 Å². The number of likely N-dealkylation sites (tertiary alicyclic amines) is 1. The first-order valence-electron chi connectivity index (χ1n) is 12.5. The standard InChI is InChI=1S/C26H31BrF2N5O3PS/c1-14(22(30)35)4-3-5-16-11-26(29,38)13-34(16)12-19-20(25(36)37-2)21(17-7-6-15(28)10-18(17)27)33-23(32-19)24-31-8-9-39-24/h6-10,14,16,21H,3-5,11-13,38H2,1-2H3,(H2,30,35)(H,32,33)/t14?,16-,21+,26?/m1/s1. The van der Waals surface area contributed by atoms with Gasteiger partial charge < -0.3 is 15.8 Å². The highest BCUT2D eigenvalue weighted by Gasteiger charge is 2.42. The molecule has 0 saturated carbocycles. The molecular formula is C26H31BrF2N5O3PS. The largest absolute Gasteiger partial charge is 0.466 e. The number of alkyl halides is 1. The van der Waals surface area contributed by atoms with Gasteiger partial charge >= 0.3 is 5.97 Å². The van der Waals surface area contributed by atoms with E-state index in [1.54, 1.807) is 19.2 Å². The van der Waals surface area contributed by atoms with E-state index in [0.29, 0.717) is 52.3 Å². The van der Waals surface area contributed by atoms with Gasteiger partial charge in [0.05, 0.1) is 12.7 Å². The highest BCUT2D eigenvalue weighted by Crippen LogP contribution is 2.41. The number of methoxy groups -OCH3 is 1. The van der Waals surface area contributed by atoms with Crippen molar-refractivity contribution in [2.75, 3.05) is 20.2 Å². The number of rotatable bonds is 10. The molecule has 0 aliphatic carbocycles. The Morgan fingerprint density at radius 1 is 1.44 bits per heavy atom. The lowest BCUT2D eigenvalue weighted by molar-refractivity contribution is -0.136. The summed E-state index contributed by atoms with van der Waals surface area (Å²) in [5.41, 5.74) is 6.75. The van der Waals surface area contributed by atoms with Gasteiger partial charge in [-0.3, -0.25) is 14.7 Å². The Morgan fingerprint density at radius 2 is 2.21 bits per heavy atom. The molecule has 2 aliphatic heterocycles. The molecule has 0 radical (unpaired) electrons. The van der Waals surface area contributed by atoms with Gasteiger partial charge in [0, 0.05) is 53.2 Å². The van der Waals surface area contributed by atoms with E-state index >= 15 is 4.39 Å². The quantitative estimate of drug-likeness (QED) is 0.293. The van der Waals surface area contributed by atoms with E-state index < -0.39 is 23.2 Å². The maximum absolute atomic E-state index is 15.3. The van der Waals surface area contributed by atoms with Crippen LogP contribution in [-0.2, 0) is 14.3 Å². The zero-order valence-corrected chi connectivity index (χ0v) is 25.2. The van der Waals surface area contributed by atoms with Crippen molar-refractivity contribution in [3.63, 3.8) is 0 Å². The zero-order chi connectivity index (χ0) is 28.3. The number of amidine groups is 1. The van der Waals surface area contributed by atoms with Crippen LogP contribution in [0.4, 0.5) is 8.78 Å². The zero-order valence-electron chi connectivity index (χ0n) is 21.6. The molecule has 13 heteroatoms. The summed E-state index contributed by atoms with van der Waals surface area (Å²) in [7, 11) is 3.60. The van der Waals surface area contributed by atoms with Crippen molar-refractivity contribution in [2.24, 2.45) is 16.6 Å². The van der Waals surface area contributed by atoms with Gasteiger partial charge in [-0.15, -0.1) is 11.3 Å². The van der Waals surface area contributed by atoms with Gasteiger partial charge in [-0.2, -0.15) is 0 Å². The number of carbonyl (C=O) groups excluding carboxylic acids is 2. The van der Waals surface area contributed by atoms with E-state index in [2.05, 4.69) is 35.5 Å². The van der Waals surface area contributed by atoms with Crippen LogP contribution in [0.15, 0.2) is 50.5 Å². The van der Waals surface area contributed by atoms with E-state index in [-0.39, 0.29) is 36.5 Å². The number of benzene rings is 1. The molecule has 4 rings (SSSR count). The van der Waals surface area contributed by atoms with E-state index in [1.165, 1.54) is 30.6 Å². The van der Waals surface area contributed by atoms with Crippen LogP contribution < -0.4 is 11.1 Å². The molecular weight excluding hydrogens is 611 g/mol. The number of thiazole rings is 1. The topological polar surface area (TPSA) is 110 Å². The molecule has 3 heterocycles. The Bertz CT molecular complexity index is 1290. The third-order valence-electron chi connectivity index (χ3n) is 7.00. The molecule has 3 N–H and O–H groups in total. The van der Waals surface area contributed by atoms with Crippen LogP contribution in [0.5, 0.6) is 0 Å². The van der Waals surface area contributed by atoms with Crippen molar-refractivity contribution < 1.29 is 23.1 Å². The Balaban J connectivity index is 1.71. The third kappa shape index (κ3) is 7.09. The van der Waals surface area contributed by atoms with Crippen molar-refractivity contribution in [3.8, 4) is 0 Å². The molecule has 1 fully saturated rings. The minimum atomic E-state index is -1.49. The first kappa shape index (κ1) is 29.7. The average molecular weight is 643 g/mol. The summed E-state index contributed by atoms with van der Waals surface area (Å²) in [6, 6.07) is 3.27. The van der Waals surface area contributed by atoms with Crippen LogP contribution in [0, 0.1) is 11.7 Å². The molecule has 2 aromatic rings. The summed E-state index contributed by atoms with van der Waals surface area (Å²) in [6.45, 7) is 2.15. The number of halogens is 3. The van der Waals surface area contributed by atoms with Gasteiger partial charge in [-0.1, -0.05) is 44.6 Å². The number of hydrogen-bond acceptors (Lipinski definition) is 8. The van der Waals surface area contributed by atoms with Gasteiger partial charge in [0.1, 0.15) is 17.3 Å². The second kappa shape index (κ2) is 12.5. The molecule has 2 aliphatic rings. The van der Waals surface area contributed by atoms with Crippen LogP contribution >= 0.6 is 36.5 Å². The Morgan fingerprint density at radius 3 is 2.85 bits per heavy atom. The number of esters is 1. The number of aliphatic imine (C=N–C) groups is 1. The van der Waals surface area contributed by atoms with E-state index in [0.717, 1.165) is 0 Å².